The number of likely N-dealkylation sites (tertiary alicyclic amines) is 1. The lowest BCUT2D eigenvalue weighted by molar-refractivity contribution is 0.197. The molecule has 0 bridgehead atoms. The van der Waals surface area contributed by atoms with E-state index in [0.717, 1.165) is 36.7 Å². The van der Waals surface area contributed by atoms with E-state index >= 15 is 0 Å². The summed E-state index contributed by atoms with van der Waals surface area (Å²) in [6, 6.07) is 14.5. The minimum Gasteiger partial charge on any atom is -0.493 e. The highest BCUT2D eigenvalue weighted by Gasteiger charge is 2.24. The van der Waals surface area contributed by atoms with Crippen LogP contribution in [0.4, 0.5) is 0 Å². The zero-order valence-corrected chi connectivity index (χ0v) is 18.3. The summed E-state index contributed by atoms with van der Waals surface area (Å²) in [6.45, 7) is 7.18. The van der Waals surface area contributed by atoms with Gasteiger partial charge in [0.25, 0.3) is 0 Å². The second-order valence-corrected chi connectivity index (χ2v) is 8.02. The van der Waals surface area contributed by atoms with Gasteiger partial charge in [-0.15, -0.1) is 0 Å². The van der Waals surface area contributed by atoms with Crippen molar-refractivity contribution in [1.29, 1.82) is 0 Å². The maximum absolute atomic E-state index is 6.01. The summed E-state index contributed by atoms with van der Waals surface area (Å²) in [7, 11) is 3.27. The molecule has 0 saturated carbocycles. The Morgan fingerprint density at radius 1 is 1.07 bits per heavy atom. The molecule has 1 atom stereocenters. The number of hydrogen-bond acceptors (Lipinski definition) is 5. The van der Waals surface area contributed by atoms with Gasteiger partial charge < -0.3 is 13.9 Å². The third-order valence-electron chi connectivity index (χ3n) is 6.03. The summed E-state index contributed by atoms with van der Waals surface area (Å²) in [4.78, 5) is 7.32. The Morgan fingerprint density at radius 2 is 1.87 bits per heavy atom. The first-order chi connectivity index (χ1) is 14.6. The largest absolute Gasteiger partial charge is 0.493 e. The molecule has 1 fully saturated rings. The van der Waals surface area contributed by atoms with Crippen LogP contribution < -0.4 is 9.47 Å². The number of aryl methyl sites for hydroxylation is 2. The van der Waals surface area contributed by atoms with E-state index in [1.807, 2.05) is 25.1 Å². The van der Waals surface area contributed by atoms with Crippen molar-refractivity contribution in [1.82, 2.24) is 9.88 Å². The van der Waals surface area contributed by atoms with Crippen molar-refractivity contribution < 1.29 is 13.9 Å². The van der Waals surface area contributed by atoms with E-state index in [-0.39, 0.29) is 0 Å². The second-order valence-electron chi connectivity index (χ2n) is 8.02. The molecule has 5 heteroatoms. The maximum Gasteiger partial charge on any atom is 0.226 e. The fourth-order valence-electron chi connectivity index (χ4n) is 4.38. The number of benzene rings is 2. The van der Waals surface area contributed by atoms with Gasteiger partial charge in [0.15, 0.2) is 11.5 Å². The Morgan fingerprint density at radius 3 is 2.63 bits per heavy atom. The van der Waals surface area contributed by atoms with Gasteiger partial charge in [-0.05, 0) is 68.5 Å². The fourth-order valence-corrected chi connectivity index (χ4v) is 4.38. The molecule has 5 nitrogen and oxygen atoms in total. The number of nitrogens with zero attached hydrogens (tertiary/aromatic N) is 2. The smallest absolute Gasteiger partial charge is 0.226 e. The zero-order chi connectivity index (χ0) is 21.1. The molecule has 0 N–H and O–H groups in total. The molecule has 1 aromatic heterocycles. The number of methoxy groups -OCH3 is 2. The Hall–Kier alpha value is -2.79. The monoisotopic (exact) mass is 406 g/mol. The Kier molecular flexibility index (Phi) is 6.09. The van der Waals surface area contributed by atoms with Gasteiger partial charge in [0.2, 0.25) is 5.89 Å². The molecular formula is C25H30N2O3. The van der Waals surface area contributed by atoms with Crippen molar-refractivity contribution in [3.63, 3.8) is 0 Å². The molecule has 0 aliphatic carbocycles. The van der Waals surface area contributed by atoms with Crippen molar-refractivity contribution >= 4 is 0 Å². The van der Waals surface area contributed by atoms with Gasteiger partial charge in [0.1, 0.15) is 5.76 Å². The van der Waals surface area contributed by atoms with E-state index in [2.05, 4.69) is 36.1 Å². The average molecular weight is 407 g/mol. The molecule has 1 aliphatic heterocycles. The predicted molar refractivity (Wildman–Crippen MR) is 118 cm³/mol. The summed E-state index contributed by atoms with van der Waals surface area (Å²) in [5, 5.41) is 0. The van der Waals surface area contributed by atoms with Crippen molar-refractivity contribution in [2.75, 3.05) is 27.3 Å². The third kappa shape index (κ3) is 4.21. The molecule has 2 heterocycles. The Balaban J connectivity index is 1.51. The molecule has 1 aliphatic rings. The van der Waals surface area contributed by atoms with Gasteiger partial charge in [-0.25, -0.2) is 4.98 Å². The Bertz CT molecular complexity index is 1010. The molecule has 0 radical (unpaired) electrons. The molecule has 0 spiro atoms. The lowest BCUT2D eigenvalue weighted by atomic mass is 9.88. The van der Waals surface area contributed by atoms with E-state index < -0.39 is 0 Å². The summed E-state index contributed by atoms with van der Waals surface area (Å²) < 4.78 is 16.8. The van der Waals surface area contributed by atoms with Crippen molar-refractivity contribution in [2.45, 2.75) is 39.2 Å². The van der Waals surface area contributed by atoms with Crippen molar-refractivity contribution in [2.24, 2.45) is 0 Å². The van der Waals surface area contributed by atoms with E-state index in [4.69, 9.17) is 18.9 Å². The first-order valence-corrected chi connectivity index (χ1v) is 10.6. The quantitative estimate of drug-likeness (QED) is 0.552. The SMILES string of the molecule is COc1ccc(-c2nc(CN3CCC[C@@H](c4ccccc4C)C3)c(C)o2)cc1OC. The van der Waals surface area contributed by atoms with Crippen LogP contribution in [0.3, 0.4) is 0 Å². The average Bonchev–Trinajstić information content (AvgIpc) is 3.14. The highest BCUT2D eigenvalue weighted by molar-refractivity contribution is 5.60. The van der Waals surface area contributed by atoms with Crippen LogP contribution in [0.5, 0.6) is 11.5 Å². The minimum atomic E-state index is 0.581. The van der Waals surface area contributed by atoms with Crippen molar-refractivity contribution in [3.05, 3.63) is 65.0 Å². The number of hydrogen-bond donors (Lipinski definition) is 0. The van der Waals surface area contributed by atoms with Gasteiger partial charge in [-0.3, -0.25) is 4.90 Å². The summed E-state index contributed by atoms with van der Waals surface area (Å²) in [6.07, 6.45) is 2.45. The number of piperidine rings is 1. The number of rotatable bonds is 6. The van der Waals surface area contributed by atoms with E-state index in [1.165, 1.54) is 24.0 Å². The van der Waals surface area contributed by atoms with Crippen LogP contribution in [-0.2, 0) is 6.54 Å². The highest BCUT2D eigenvalue weighted by atomic mass is 16.5. The van der Waals surface area contributed by atoms with Crippen LogP contribution in [-0.4, -0.2) is 37.2 Å². The highest BCUT2D eigenvalue weighted by Crippen LogP contribution is 2.34. The predicted octanol–water partition coefficient (Wildman–Crippen LogP) is 5.36. The number of aromatic nitrogens is 1. The van der Waals surface area contributed by atoms with E-state index in [1.54, 1.807) is 14.2 Å². The van der Waals surface area contributed by atoms with Crippen LogP contribution in [0.15, 0.2) is 46.9 Å². The molecule has 3 aromatic rings. The first-order valence-electron chi connectivity index (χ1n) is 10.6. The van der Waals surface area contributed by atoms with Gasteiger partial charge >= 0.3 is 0 Å². The van der Waals surface area contributed by atoms with Gasteiger partial charge in [0.05, 0.1) is 19.9 Å². The second kappa shape index (κ2) is 8.92. The summed E-state index contributed by atoms with van der Waals surface area (Å²) >= 11 is 0. The number of oxazole rings is 1. The van der Waals surface area contributed by atoms with Crippen LogP contribution in [0, 0.1) is 13.8 Å². The third-order valence-corrected chi connectivity index (χ3v) is 6.03. The van der Waals surface area contributed by atoms with Crippen LogP contribution in [0.25, 0.3) is 11.5 Å². The van der Waals surface area contributed by atoms with E-state index in [9.17, 15) is 0 Å². The molecule has 158 valence electrons. The lowest BCUT2D eigenvalue weighted by Gasteiger charge is -2.33. The standard InChI is InChI=1S/C25H30N2O3/c1-17-8-5-6-10-21(17)20-9-7-13-27(15-20)16-22-18(2)30-25(26-22)19-11-12-23(28-3)24(14-19)29-4/h5-6,8,10-12,14,20H,7,9,13,15-16H2,1-4H3/t20-/m1/s1. The van der Waals surface area contributed by atoms with Gasteiger partial charge in [0, 0.05) is 18.7 Å². The van der Waals surface area contributed by atoms with Crippen LogP contribution in [0.2, 0.25) is 0 Å². The van der Waals surface area contributed by atoms with Gasteiger partial charge in [-0.1, -0.05) is 24.3 Å². The molecule has 0 unspecified atom stereocenters. The van der Waals surface area contributed by atoms with Crippen molar-refractivity contribution in [3.8, 4) is 23.0 Å². The van der Waals surface area contributed by atoms with Gasteiger partial charge in [-0.2, -0.15) is 0 Å². The molecule has 4 rings (SSSR count). The lowest BCUT2D eigenvalue weighted by Crippen LogP contribution is -2.34. The summed E-state index contributed by atoms with van der Waals surface area (Å²) in [5.74, 6) is 3.44. The molecule has 2 aromatic carbocycles. The van der Waals surface area contributed by atoms with Crippen LogP contribution >= 0.6 is 0 Å². The number of ether oxygens (including phenoxy) is 2. The molecule has 1 saturated heterocycles. The zero-order valence-electron chi connectivity index (χ0n) is 18.3. The molecular weight excluding hydrogens is 376 g/mol. The normalized spacial score (nSPS) is 17.1. The molecule has 30 heavy (non-hydrogen) atoms. The molecule has 0 amide bonds. The topological polar surface area (TPSA) is 47.7 Å². The maximum atomic E-state index is 6.01. The van der Waals surface area contributed by atoms with Crippen LogP contribution in [0.1, 0.15) is 41.3 Å². The fraction of sp³-hybridized carbons (Fsp3) is 0.400. The minimum absolute atomic E-state index is 0.581. The van der Waals surface area contributed by atoms with E-state index in [0.29, 0.717) is 23.3 Å². The Labute approximate surface area is 178 Å². The summed E-state index contributed by atoms with van der Waals surface area (Å²) in [5.41, 5.74) is 4.76. The first kappa shape index (κ1) is 20.5.